The van der Waals surface area contributed by atoms with Crippen LogP contribution in [0.5, 0.6) is 0 Å². The van der Waals surface area contributed by atoms with E-state index in [2.05, 4.69) is 23.6 Å². The maximum absolute atomic E-state index is 11.4. The molecule has 15 heavy (non-hydrogen) atoms. The van der Waals surface area contributed by atoms with Crippen LogP contribution in [-0.4, -0.2) is 12.5 Å². The van der Waals surface area contributed by atoms with E-state index in [-0.39, 0.29) is 5.91 Å². The summed E-state index contributed by atoms with van der Waals surface area (Å²) in [5.74, 6) is 0.142. The molecule has 0 radical (unpaired) electrons. The summed E-state index contributed by atoms with van der Waals surface area (Å²) in [6.07, 6.45) is 0.989. The molecule has 0 unspecified atom stereocenters. The fraction of sp³-hybridized carbons (Fsp3) is 0.250. The molecule has 0 spiro atoms. The van der Waals surface area contributed by atoms with Crippen molar-refractivity contribution in [1.82, 2.24) is 0 Å². The molecule has 3 rings (SSSR count). The number of anilines is 1. The SMILES string of the molecule is CC(=O)N1CCc2cc3sccc3cc21. The lowest BCUT2D eigenvalue weighted by atomic mass is 10.1. The number of carbonyl (C=O) groups excluding carboxylic acids is 1. The zero-order valence-electron chi connectivity index (χ0n) is 8.49. The molecule has 0 bridgehead atoms. The highest BCUT2D eigenvalue weighted by atomic mass is 32.1. The average molecular weight is 217 g/mol. The van der Waals surface area contributed by atoms with Crippen LogP contribution < -0.4 is 4.90 Å². The Morgan fingerprint density at radius 2 is 2.33 bits per heavy atom. The van der Waals surface area contributed by atoms with Gasteiger partial charge in [-0.2, -0.15) is 0 Å². The lowest BCUT2D eigenvalue weighted by molar-refractivity contribution is -0.116. The summed E-state index contributed by atoms with van der Waals surface area (Å²) in [5, 5.41) is 3.34. The molecule has 2 nitrogen and oxygen atoms in total. The molecule has 2 heterocycles. The van der Waals surface area contributed by atoms with Crippen LogP contribution in [0.15, 0.2) is 23.6 Å². The Bertz CT molecular complexity index is 544. The molecule has 0 N–H and O–H groups in total. The third-order valence-corrected chi connectivity index (χ3v) is 3.81. The summed E-state index contributed by atoms with van der Waals surface area (Å²) in [7, 11) is 0. The summed E-state index contributed by atoms with van der Waals surface area (Å²) < 4.78 is 1.32. The van der Waals surface area contributed by atoms with Gasteiger partial charge in [0.25, 0.3) is 0 Å². The van der Waals surface area contributed by atoms with E-state index in [1.165, 1.54) is 15.6 Å². The Morgan fingerprint density at radius 3 is 3.13 bits per heavy atom. The molecule has 2 aromatic rings. The molecule has 1 aromatic carbocycles. The van der Waals surface area contributed by atoms with E-state index in [1.807, 2.05) is 4.90 Å². The molecule has 1 aromatic heterocycles. The molecule has 1 aliphatic heterocycles. The average Bonchev–Trinajstić information content (AvgIpc) is 2.77. The highest BCUT2D eigenvalue weighted by Crippen LogP contribution is 2.34. The van der Waals surface area contributed by atoms with Gasteiger partial charge in [0.2, 0.25) is 5.91 Å². The Balaban J connectivity index is 2.22. The van der Waals surface area contributed by atoms with Crippen molar-refractivity contribution in [3.63, 3.8) is 0 Å². The molecule has 1 aliphatic rings. The Kier molecular flexibility index (Phi) is 1.83. The molecule has 0 fully saturated rings. The van der Waals surface area contributed by atoms with Crippen molar-refractivity contribution in [3.05, 3.63) is 29.1 Å². The minimum absolute atomic E-state index is 0.142. The third-order valence-electron chi connectivity index (χ3n) is 2.93. The van der Waals surface area contributed by atoms with Crippen LogP contribution in [0, 0.1) is 0 Å². The van der Waals surface area contributed by atoms with Gasteiger partial charge in [-0.15, -0.1) is 11.3 Å². The van der Waals surface area contributed by atoms with Gasteiger partial charge in [0.15, 0.2) is 0 Å². The first-order valence-electron chi connectivity index (χ1n) is 5.04. The van der Waals surface area contributed by atoms with Gasteiger partial charge in [0.1, 0.15) is 0 Å². The van der Waals surface area contributed by atoms with Crippen LogP contribution in [0.3, 0.4) is 0 Å². The number of hydrogen-bond acceptors (Lipinski definition) is 2. The van der Waals surface area contributed by atoms with Crippen LogP contribution in [-0.2, 0) is 11.2 Å². The maximum atomic E-state index is 11.4. The molecule has 3 heteroatoms. The van der Waals surface area contributed by atoms with Crippen molar-refractivity contribution in [3.8, 4) is 0 Å². The highest BCUT2D eigenvalue weighted by molar-refractivity contribution is 7.17. The van der Waals surface area contributed by atoms with Gasteiger partial charge < -0.3 is 4.90 Å². The van der Waals surface area contributed by atoms with Crippen molar-refractivity contribution in [2.45, 2.75) is 13.3 Å². The van der Waals surface area contributed by atoms with Crippen molar-refractivity contribution < 1.29 is 4.79 Å². The van der Waals surface area contributed by atoms with Crippen LogP contribution in [0.4, 0.5) is 5.69 Å². The molecule has 76 valence electrons. The number of thiophene rings is 1. The number of hydrogen-bond donors (Lipinski definition) is 0. The Hall–Kier alpha value is -1.35. The molecule has 0 saturated carbocycles. The number of amides is 1. The maximum Gasteiger partial charge on any atom is 0.223 e. The van der Waals surface area contributed by atoms with Gasteiger partial charge in [-0.3, -0.25) is 4.79 Å². The van der Waals surface area contributed by atoms with Crippen LogP contribution in [0.1, 0.15) is 12.5 Å². The predicted octanol–water partition coefficient (Wildman–Crippen LogP) is 2.81. The van der Waals surface area contributed by atoms with E-state index < -0.39 is 0 Å². The third kappa shape index (κ3) is 1.27. The monoisotopic (exact) mass is 217 g/mol. The second kappa shape index (κ2) is 3.07. The fourth-order valence-corrected chi connectivity index (χ4v) is 3.01. The fourth-order valence-electron chi connectivity index (χ4n) is 2.17. The quantitative estimate of drug-likeness (QED) is 0.664. The first kappa shape index (κ1) is 8.92. The summed E-state index contributed by atoms with van der Waals surface area (Å²) in [5.41, 5.74) is 2.41. The molecule has 0 atom stereocenters. The van der Waals surface area contributed by atoms with Crippen LogP contribution >= 0.6 is 11.3 Å². The van der Waals surface area contributed by atoms with Gasteiger partial charge in [0.05, 0.1) is 0 Å². The normalized spacial score (nSPS) is 14.6. The number of carbonyl (C=O) groups is 1. The molecule has 0 aliphatic carbocycles. The number of fused-ring (bicyclic) bond motifs is 2. The summed E-state index contributed by atoms with van der Waals surface area (Å²) in [6, 6.07) is 6.46. The van der Waals surface area contributed by atoms with E-state index in [0.717, 1.165) is 18.7 Å². The van der Waals surface area contributed by atoms with E-state index in [9.17, 15) is 4.79 Å². The summed E-state index contributed by atoms with van der Waals surface area (Å²) >= 11 is 1.76. The van der Waals surface area contributed by atoms with Crippen molar-refractivity contribution >= 4 is 33.0 Å². The lowest BCUT2D eigenvalue weighted by Crippen LogP contribution is -2.25. The van der Waals surface area contributed by atoms with Gasteiger partial charge in [-0.05, 0) is 40.9 Å². The molecule has 0 saturated heterocycles. The minimum Gasteiger partial charge on any atom is -0.312 e. The van der Waals surface area contributed by atoms with Crippen molar-refractivity contribution in [2.75, 3.05) is 11.4 Å². The van der Waals surface area contributed by atoms with Gasteiger partial charge in [-0.25, -0.2) is 0 Å². The van der Waals surface area contributed by atoms with E-state index in [4.69, 9.17) is 0 Å². The topological polar surface area (TPSA) is 20.3 Å². The molecular formula is C12H11NOS. The predicted molar refractivity (Wildman–Crippen MR) is 63.6 cm³/mol. The van der Waals surface area contributed by atoms with E-state index in [1.54, 1.807) is 18.3 Å². The molecular weight excluding hydrogens is 206 g/mol. The van der Waals surface area contributed by atoms with E-state index >= 15 is 0 Å². The van der Waals surface area contributed by atoms with Gasteiger partial charge in [0, 0.05) is 23.9 Å². The minimum atomic E-state index is 0.142. The number of nitrogens with zero attached hydrogens (tertiary/aromatic N) is 1. The lowest BCUT2D eigenvalue weighted by Gasteiger charge is -2.14. The zero-order chi connectivity index (χ0) is 10.4. The zero-order valence-corrected chi connectivity index (χ0v) is 9.30. The summed E-state index contributed by atoms with van der Waals surface area (Å²) in [4.78, 5) is 13.3. The highest BCUT2D eigenvalue weighted by Gasteiger charge is 2.22. The number of rotatable bonds is 0. The standard InChI is InChI=1S/C12H11NOS/c1-8(14)13-4-2-9-7-12-10(3-5-15-12)6-11(9)13/h3,5-7H,2,4H2,1H3. The van der Waals surface area contributed by atoms with Crippen LogP contribution in [0.25, 0.3) is 10.1 Å². The van der Waals surface area contributed by atoms with Crippen molar-refractivity contribution in [1.29, 1.82) is 0 Å². The Morgan fingerprint density at radius 1 is 1.47 bits per heavy atom. The second-order valence-electron chi connectivity index (χ2n) is 3.86. The first-order chi connectivity index (χ1) is 7.25. The second-order valence-corrected chi connectivity index (χ2v) is 4.81. The summed E-state index contributed by atoms with van der Waals surface area (Å²) in [6.45, 7) is 2.47. The smallest absolute Gasteiger partial charge is 0.223 e. The van der Waals surface area contributed by atoms with Crippen LogP contribution in [0.2, 0.25) is 0 Å². The number of benzene rings is 1. The first-order valence-corrected chi connectivity index (χ1v) is 5.92. The largest absolute Gasteiger partial charge is 0.312 e. The Labute approximate surface area is 92.1 Å². The van der Waals surface area contributed by atoms with Crippen molar-refractivity contribution in [2.24, 2.45) is 0 Å². The molecule has 1 amide bonds. The van der Waals surface area contributed by atoms with Gasteiger partial charge in [-0.1, -0.05) is 0 Å². The van der Waals surface area contributed by atoms with Gasteiger partial charge >= 0.3 is 0 Å². The van der Waals surface area contributed by atoms with E-state index in [0.29, 0.717) is 0 Å².